The molecule has 78 valence electrons. The molecule has 1 rings (SSSR count). The lowest BCUT2D eigenvalue weighted by Gasteiger charge is -2.13. The molecule has 0 saturated heterocycles. The van der Waals surface area contributed by atoms with Crippen LogP contribution in [0.3, 0.4) is 0 Å². The average Bonchev–Trinajstić information content (AvgIpc) is 2.45. The summed E-state index contributed by atoms with van der Waals surface area (Å²) in [6, 6.07) is 0.388. The molecule has 3 heteroatoms. The second kappa shape index (κ2) is 5.58. The highest BCUT2D eigenvalue weighted by Gasteiger charge is 2.21. The van der Waals surface area contributed by atoms with Gasteiger partial charge in [-0.25, -0.2) is 0 Å². The number of ether oxygens (including phenoxy) is 1. The van der Waals surface area contributed by atoms with Gasteiger partial charge in [0.05, 0.1) is 6.10 Å². The molecular formula is C10H22N2O. The number of hydrogen-bond donors (Lipinski definition) is 1. The molecule has 0 radical (unpaired) electrons. The lowest BCUT2D eigenvalue weighted by molar-refractivity contribution is 0.0529. The topological polar surface area (TPSA) is 38.5 Å². The highest BCUT2D eigenvalue weighted by atomic mass is 16.5. The number of nitrogens with zero attached hydrogens (tertiary/aromatic N) is 1. The van der Waals surface area contributed by atoms with Crippen LogP contribution in [0.4, 0.5) is 0 Å². The molecule has 1 aliphatic carbocycles. The van der Waals surface area contributed by atoms with Crippen LogP contribution in [0.25, 0.3) is 0 Å². The maximum absolute atomic E-state index is 5.79. The van der Waals surface area contributed by atoms with Gasteiger partial charge in [-0.2, -0.15) is 0 Å². The first-order valence-corrected chi connectivity index (χ1v) is 5.20. The van der Waals surface area contributed by atoms with E-state index in [1.165, 1.54) is 0 Å². The smallest absolute Gasteiger partial charge is 0.0590 e. The highest BCUT2D eigenvalue weighted by Crippen LogP contribution is 2.20. The van der Waals surface area contributed by atoms with E-state index < -0.39 is 0 Å². The summed E-state index contributed by atoms with van der Waals surface area (Å²) in [6.45, 7) is 1.99. The van der Waals surface area contributed by atoms with Crippen molar-refractivity contribution in [3.05, 3.63) is 0 Å². The summed E-state index contributed by atoms with van der Waals surface area (Å²) in [5, 5.41) is 0. The maximum Gasteiger partial charge on any atom is 0.0590 e. The van der Waals surface area contributed by atoms with Gasteiger partial charge in [0, 0.05) is 12.6 Å². The summed E-state index contributed by atoms with van der Waals surface area (Å²) >= 11 is 0. The van der Waals surface area contributed by atoms with Gasteiger partial charge in [-0.3, -0.25) is 0 Å². The van der Waals surface area contributed by atoms with Crippen molar-refractivity contribution in [2.75, 3.05) is 27.2 Å². The Hall–Kier alpha value is -0.120. The van der Waals surface area contributed by atoms with E-state index in [4.69, 9.17) is 10.5 Å². The average molecular weight is 186 g/mol. The van der Waals surface area contributed by atoms with E-state index in [0.29, 0.717) is 12.1 Å². The Bertz CT molecular complexity index is 139. The Labute approximate surface area is 81.2 Å². The van der Waals surface area contributed by atoms with E-state index in [-0.39, 0.29) is 0 Å². The molecule has 0 bridgehead atoms. The maximum atomic E-state index is 5.79. The van der Waals surface area contributed by atoms with E-state index in [9.17, 15) is 0 Å². The summed E-state index contributed by atoms with van der Waals surface area (Å²) in [7, 11) is 4.18. The number of hydrogen-bond acceptors (Lipinski definition) is 3. The van der Waals surface area contributed by atoms with Crippen LogP contribution < -0.4 is 5.73 Å². The molecule has 2 atom stereocenters. The molecule has 1 aliphatic rings. The quantitative estimate of drug-likeness (QED) is 0.646. The predicted molar refractivity (Wildman–Crippen MR) is 54.7 cm³/mol. The van der Waals surface area contributed by atoms with E-state index in [1.807, 2.05) is 0 Å². The van der Waals surface area contributed by atoms with Gasteiger partial charge in [-0.15, -0.1) is 0 Å². The molecule has 2 unspecified atom stereocenters. The minimum atomic E-state index is 0.388. The molecule has 0 aromatic rings. The van der Waals surface area contributed by atoms with Crippen LogP contribution in [0, 0.1) is 0 Å². The minimum Gasteiger partial charge on any atom is -0.378 e. The molecule has 13 heavy (non-hydrogen) atoms. The summed E-state index contributed by atoms with van der Waals surface area (Å²) in [5.74, 6) is 0. The van der Waals surface area contributed by atoms with E-state index >= 15 is 0 Å². The second-order valence-electron chi connectivity index (χ2n) is 4.22. The van der Waals surface area contributed by atoms with Crippen molar-refractivity contribution in [3.63, 3.8) is 0 Å². The molecule has 0 amide bonds. The fourth-order valence-electron chi connectivity index (χ4n) is 1.76. The normalized spacial score (nSPS) is 28.6. The third kappa shape index (κ3) is 4.60. The van der Waals surface area contributed by atoms with Crippen LogP contribution in [-0.2, 0) is 4.74 Å². The first-order chi connectivity index (χ1) is 6.18. The summed E-state index contributed by atoms with van der Waals surface area (Å²) in [5.41, 5.74) is 5.79. The van der Waals surface area contributed by atoms with Crippen molar-refractivity contribution in [1.82, 2.24) is 4.90 Å². The fraction of sp³-hybridized carbons (Fsp3) is 1.00. The Morgan fingerprint density at radius 2 is 2.15 bits per heavy atom. The van der Waals surface area contributed by atoms with Gasteiger partial charge in [0.2, 0.25) is 0 Å². The van der Waals surface area contributed by atoms with Crippen LogP contribution in [0.5, 0.6) is 0 Å². The van der Waals surface area contributed by atoms with Crippen LogP contribution in [-0.4, -0.2) is 44.3 Å². The van der Waals surface area contributed by atoms with Gasteiger partial charge in [0.25, 0.3) is 0 Å². The van der Waals surface area contributed by atoms with Gasteiger partial charge in [-0.1, -0.05) is 0 Å². The SMILES string of the molecule is CN(C)CCCOC1CCC(N)C1. The van der Waals surface area contributed by atoms with Crippen molar-refractivity contribution in [2.24, 2.45) is 5.73 Å². The zero-order valence-electron chi connectivity index (χ0n) is 8.83. The monoisotopic (exact) mass is 186 g/mol. The van der Waals surface area contributed by atoms with Crippen LogP contribution in [0.2, 0.25) is 0 Å². The lowest BCUT2D eigenvalue weighted by Crippen LogP contribution is -2.19. The minimum absolute atomic E-state index is 0.388. The third-order valence-corrected chi connectivity index (χ3v) is 2.53. The van der Waals surface area contributed by atoms with Gasteiger partial charge in [-0.05, 0) is 46.3 Å². The number of rotatable bonds is 5. The molecule has 0 aromatic heterocycles. The van der Waals surface area contributed by atoms with Gasteiger partial charge >= 0.3 is 0 Å². The van der Waals surface area contributed by atoms with E-state index in [1.54, 1.807) is 0 Å². The molecule has 1 fully saturated rings. The highest BCUT2D eigenvalue weighted by molar-refractivity contribution is 4.77. The molecular weight excluding hydrogens is 164 g/mol. The van der Waals surface area contributed by atoms with Crippen molar-refractivity contribution in [2.45, 2.75) is 37.8 Å². The molecule has 0 aromatic carbocycles. The molecule has 3 nitrogen and oxygen atoms in total. The zero-order chi connectivity index (χ0) is 9.68. The molecule has 0 spiro atoms. The van der Waals surface area contributed by atoms with E-state index in [2.05, 4.69) is 19.0 Å². The van der Waals surface area contributed by atoms with Crippen molar-refractivity contribution in [3.8, 4) is 0 Å². The first-order valence-electron chi connectivity index (χ1n) is 5.20. The lowest BCUT2D eigenvalue weighted by atomic mass is 10.3. The second-order valence-corrected chi connectivity index (χ2v) is 4.22. The van der Waals surface area contributed by atoms with E-state index in [0.717, 1.165) is 38.8 Å². The summed E-state index contributed by atoms with van der Waals surface area (Å²) in [4.78, 5) is 2.18. The van der Waals surface area contributed by atoms with Gasteiger partial charge < -0.3 is 15.4 Å². The van der Waals surface area contributed by atoms with Crippen molar-refractivity contribution >= 4 is 0 Å². The van der Waals surface area contributed by atoms with Gasteiger partial charge in [0.15, 0.2) is 0 Å². The standard InChI is InChI=1S/C10H22N2O/c1-12(2)6-3-7-13-10-5-4-9(11)8-10/h9-10H,3-8,11H2,1-2H3. The molecule has 0 aliphatic heterocycles. The molecule has 1 saturated carbocycles. The fourth-order valence-corrected chi connectivity index (χ4v) is 1.76. The third-order valence-electron chi connectivity index (χ3n) is 2.53. The Morgan fingerprint density at radius 3 is 2.69 bits per heavy atom. The molecule has 2 N–H and O–H groups in total. The first kappa shape index (κ1) is 11.0. The zero-order valence-corrected chi connectivity index (χ0v) is 8.83. The largest absolute Gasteiger partial charge is 0.378 e. The Morgan fingerprint density at radius 1 is 1.38 bits per heavy atom. The van der Waals surface area contributed by atoms with Crippen molar-refractivity contribution < 1.29 is 4.74 Å². The Kier molecular flexibility index (Phi) is 4.70. The predicted octanol–water partition coefficient (Wildman–Crippen LogP) is 0.835. The Balaban J connectivity index is 1.94. The van der Waals surface area contributed by atoms with Crippen molar-refractivity contribution in [1.29, 1.82) is 0 Å². The summed E-state index contributed by atoms with van der Waals surface area (Å²) in [6.07, 6.45) is 4.92. The number of nitrogens with two attached hydrogens (primary N) is 1. The molecule has 0 heterocycles. The van der Waals surface area contributed by atoms with Crippen LogP contribution in [0.15, 0.2) is 0 Å². The van der Waals surface area contributed by atoms with Crippen LogP contribution >= 0.6 is 0 Å². The van der Waals surface area contributed by atoms with Crippen LogP contribution in [0.1, 0.15) is 25.7 Å². The summed E-state index contributed by atoms with van der Waals surface area (Å²) < 4.78 is 5.72. The van der Waals surface area contributed by atoms with Gasteiger partial charge in [0.1, 0.15) is 0 Å².